The number of rotatable bonds is 3. The van der Waals surface area contributed by atoms with E-state index in [0.29, 0.717) is 24.4 Å². The fourth-order valence-corrected chi connectivity index (χ4v) is 2.90. The van der Waals surface area contributed by atoms with Gasteiger partial charge in [-0.15, -0.1) is 12.4 Å². The molecule has 0 aromatic carbocycles. The van der Waals surface area contributed by atoms with E-state index in [-0.39, 0.29) is 12.4 Å². The molecular weight excluding hydrogens is 244 g/mol. The summed E-state index contributed by atoms with van der Waals surface area (Å²) in [7, 11) is 0. The Labute approximate surface area is 108 Å². The molecule has 0 saturated carbocycles. The third-order valence-electron chi connectivity index (χ3n) is 3.40. The van der Waals surface area contributed by atoms with Crippen molar-refractivity contribution in [3.63, 3.8) is 0 Å². The highest BCUT2D eigenvalue weighted by atomic mass is 35.5. The van der Waals surface area contributed by atoms with Crippen molar-refractivity contribution >= 4 is 30.1 Å². The number of likely N-dealkylation sites (tertiary alicyclic amines) is 1. The second-order valence-corrected chi connectivity index (χ2v) is 5.49. The topological polar surface area (TPSA) is 32.3 Å². The number of hydrogen-bond acceptors (Lipinski definition) is 3. The van der Waals surface area contributed by atoms with Crippen LogP contribution in [0.5, 0.6) is 0 Å². The highest BCUT2D eigenvalue weighted by molar-refractivity contribution is 7.98. The summed E-state index contributed by atoms with van der Waals surface area (Å²) < 4.78 is 0. The van der Waals surface area contributed by atoms with Gasteiger partial charge in [-0.25, -0.2) is 0 Å². The summed E-state index contributed by atoms with van der Waals surface area (Å²) >= 11 is 1.75. The first-order valence-electron chi connectivity index (χ1n) is 5.82. The van der Waals surface area contributed by atoms with E-state index in [4.69, 9.17) is 0 Å². The van der Waals surface area contributed by atoms with Crippen molar-refractivity contribution in [1.82, 2.24) is 10.2 Å². The monoisotopic (exact) mass is 264 g/mol. The van der Waals surface area contributed by atoms with Gasteiger partial charge in [-0.3, -0.25) is 4.79 Å². The molecule has 2 fully saturated rings. The zero-order valence-corrected chi connectivity index (χ0v) is 11.4. The lowest BCUT2D eigenvalue weighted by Crippen LogP contribution is -2.39. The molecule has 16 heavy (non-hydrogen) atoms. The van der Waals surface area contributed by atoms with Gasteiger partial charge in [-0.05, 0) is 25.5 Å². The third kappa shape index (κ3) is 3.54. The predicted molar refractivity (Wildman–Crippen MR) is 71.4 cm³/mol. The first-order chi connectivity index (χ1) is 7.29. The molecule has 2 rings (SSSR count). The minimum atomic E-state index is 0. The molecule has 0 radical (unpaired) electrons. The molecule has 2 unspecified atom stereocenters. The molecule has 0 aliphatic carbocycles. The summed E-state index contributed by atoms with van der Waals surface area (Å²) in [5.41, 5.74) is 0. The SMILES string of the molecule is CSCCC(=O)N1CCC2CCC(C1)N2.Cl. The zero-order chi connectivity index (χ0) is 10.7. The number of fused-ring (bicyclic) bond motifs is 2. The Hall–Kier alpha value is 0.0700. The van der Waals surface area contributed by atoms with Gasteiger partial charge < -0.3 is 10.2 Å². The molecular formula is C11H21ClN2OS. The van der Waals surface area contributed by atoms with Crippen molar-refractivity contribution in [2.75, 3.05) is 25.1 Å². The van der Waals surface area contributed by atoms with E-state index in [2.05, 4.69) is 16.5 Å². The van der Waals surface area contributed by atoms with Crippen LogP contribution in [0.2, 0.25) is 0 Å². The average molecular weight is 265 g/mol. The van der Waals surface area contributed by atoms with Crippen molar-refractivity contribution < 1.29 is 4.79 Å². The molecule has 0 aromatic heterocycles. The first-order valence-corrected chi connectivity index (χ1v) is 7.21. The molecule has 2 heterocycles. The lowest BCUT2D eigenvalue weighted by molar-refractivity contribution is -0.130. The predicted octanol–water partition coefficient (Wildman–Crippen LogP) is 1.51. The van der Waals surface area contributed by atoms with Crippen LogP contribution in [0.25, 0.3) is 0 Å². The summed E-state index contributed by atoms with van der Waals surface area (Å²) in [6.45, 7) is 1.89. The van der Waals surface area contributed by atoms with Gasteiger partial charge in [-0.2, -0.15) is 11.8 Å². The van der Waals surface area contributed by atoms with E-state index < -0.39 is 0 Å². The van der Waals surface area contributed by atoms with Crippen molar-refractivity contribution in [3.8, 4) is 0 Å². The van der Waals surface area contributed by atoms with Crippen LogP contribution in [0.1, 0.15) is 25.7 Å². The second kappa shape index (κ2) is 6.72. The van der Waals surface area contributed by atoms with Crippen molar-refractivity contribution in [3.05, 3.63) is 0 Å². The number of hydrogen-bond donors (Lipinski definition) is 1. The standard InChI is InChI=1S/C11H20N2OS.ClH/c1-15-7-5-11(14)13-6-4-9-2-3-10(8-13)12-9;/h9-10,12H,2-8H2,1H3;1H. The molecule has 2 saturated heterocycles. The molecule has 5 heteroatoms. The second-order valence-electron chi connectivity index (χ2n) is 4.51. The van der Waals surface area contributed by atoms with Crippen molar-refractivity contribution in [1.29, 1.82) is 0 Å². The van der Waals surface area contributed by atoms with E-state index in [0.717, 1.165) is 25.3 Å². The minimum absolute atomic E-state index is 0. The van der Waals surface area contributed by atoms with Crippen LogP contribution in [-0.2, 0) is 4.79 Å². The molecule has 94 valence electrons. The average Bonchev–Trinajstić information content (AvgIpc) is 2.55. The van der Waals surface area contributed by atoms with Gasteiger partial charge in [0.2, 0.25) is 5.91 Å². The number of carbonyl (C=O) groups excluding carboxylic acids is 1. The Morgan fingerprint density at radius 2 is 2.12 bits per heavy atom. The van der Waals surface area contributed by atoms with Gasteiger partial charge >= 0.3 is 0 Å². The zero-order valence-electron chi connectivity index (χ0n) is 9.78. The van der Waals surface area contributed by atoms with Crippen molar-refractivity contribution in [2.24, 2.45) is 0 Å². The molecule has 0 aromatic rings. The molecule has 2 atom stereocenters. The molecule has 2 aliphatic heterocycles. The van der Waals surface area contributed by atoms with Crippen LogP contribution in [0, 0.1) is 0 Å². The number of carbonyl (C=O) groups is 1. The van der Waals surface area contributed by atoms with E-state index >= 15 is 0 Å². The maximum absolute atomic E-state index is 11.9. The van der Waals surface area contributed by atoms with Crippen LogP contribution in [0.15, 0.2) is 0 Å². The fourth-order valence-electron chi connectivity index (χ4n) is 2.52. The van der Waals surface area contributed by atoms with Gasteiger partial charge in [0, 0.05) is 37.3 Å². The largest absolute Gasteiger partial charge is 0.341 e. The van der Waals surface area contributed by atoms with Gasteiger partial charge in [0.15, 0.2) is 0 Å². The van der Waals surface area contributed by atoms with Crippen LogP contribution < -0.4 is 5.32 Å². The maximum Gasteiger partial charge on any atom is 0.223 e. The van der Waals surface area contributed by atoms with Gasteiger partial charge in [0.25, 0.3) is 0 Å². The molecule has 0 spiro atoms. The Bertz CT molecular complexity index is 240. The van der Waals surface area contributed by atoms with Crippen LogP contribution >= 0.6 is 24.2 Å². The Kier molecular flexibility index (Phi) is 5.94. The number of amides is 1. The Morgan fingerprint density at radius 1 is 1.38 bits per heavy atom. The lowest BCUT2D eigenvalue weighted by Gasteiger charge is -2.24. The smallest absolute Gasteiger partial charge is 0.223 e. The molecule has 1 amide bonds. The van der Waals surface area contributed by atoms with E-state index in [9.17, 15) is 4.79 Å². The van der Waals surface area contributed by atoms with Crippen LogP contribution in [0.4, 0.5) is 0 Å². The van der Waals surface area contributed by atoms with Crippen molar-refractivity contribution in [2.45, 2.75) is 37.8 Å². The lowest BCUT2D eigenvalue weighted by atomic mass is 10.1. The van der Waals surface area contributed by atoms with E-state index in [1.807, 2.05) is 0 Å². The molecule has 2 aliphatic rings. The summed E-state index contributed by atoms with van der Waals surface area (Å²) in [5.74, 6) is 1.30. The molecule has 3 nitrogen and oxygen atoms in total. The Morgan fingerprint density at radius 3 is 2.88 bits per heavy atom. The summed E-state index contributed by atoms with van der Waals surface area (Å²) in [6.07, 6.45) is 6.45. The first kappa shape index (κ1) is 14.1. The normalized spacial score (nSPS) is 28.4. The van der Waals surface area contributed by atoms with Crippen LogP contribution in [0.3, 0.4) is 0 Å². The number of halogens is 1. The number of thioether (sulfide) groups is 1. The molecule has 1 N–H and O–H groups in total. The quantitative estimate of drug-likeness (QED) is 0.839. The number of nitrogens with zero attached hydrogens (tertiary/aromatic N) is 1. The third-order valence-corrected chi connectivity index (χ3v) is 4.01. The van der Waals surface area contributed by atoms with Gasteiger partial charge in [0.05, 0.1) is 0 Å². The van der Waals surface area contributed by atoms with E-state index in [1.165, 1.54) is 12.8 Å². The van der Waals surface area contributed by atoms with Gasteiger partial charge in [-0.1, -0.05) is 0 Å². The van der Waals surface area contributed by atoms with E-state index in [1.54, 1.807) is 11.8 Å². The summed E-state index contributed by atoms with van der Waals surface area (Å²) in [5, 5.41) is 3.59. The highest BCUT2D eigenvalue weighted by Crippen LogP contribution is 2.20. The molecule has 2 bridgehead atoms. The number of nitrogens with one attached hydrogen (secondary N) is 1. The Balaban J connectivity index is 0.00000128. The minimum Gasteiger partial charge on any atom is -0.341 e. The maximum atomic E-state index is 11.9. The summed E-state index contributed by atoms with van der Waals surface area (Å²) in [6, 6.07) is 1.24. The van der Waals surface area contributed by atoms with Crippen LogP contribution in [-0.4, -0.2) is 48.0 Å². The fraction of sp³-hybridized carbons (Fsp3) is 0.909. The highest BCUT2D eigenvalue weighted by Gasteiger charge is 2.30. The summed E-state index contributed by atoms with van der Waals surface area (Å²) in [4.78, 5) is 13.9. The van der Waals surface area contributed by atoms with Gasteiger partial charge in [0.1, 0.15) is 0 Å².